The monoisotopic (exact) mass is 484 g/mol. The van der Waals surface area contributed by atoms with Gasteiger partial charge >= 0.3 is 5.97 Å². The van der Waals surface area contributed by atoms with E-state index in [1.54, 1.807) is 11.3 Å². The minimum Gasteiger partial charge on any atom is -0.460 e. The molecule has 8 heteroatoms. The summed E-state index contributed by atoms with van der Waals surface area (Å²) in [5.74, 6) is 0.657. The first-order valence-corrected chi connectivity index (χ1v) is 12.3. The number of aliphatic imine (C=N–C) groups is 1. The molecule has 174 valence electrons. The predicted molar refractivity (Wildman–Crippen MR) is 133 cm³/mol. The Kier molecular flexibility index (Phi) is 6.22. The van der Waals surface area contributed by atoms with Crippen molar-refractivity contribution in [1.82, 2.24) is 14.8 Å². The number of halogens is 1. The van der Waals surface area contributed by atoms with Crippen LogP contribution in [0.15, 0.2) is 29.3 Å². The van der Waals surface area contributed by atoms with E-state index in [9.17, 15) is 4.79 Å². The van der Waals surface area contributed by atoms with Gasteiger partial charge in [-0.25, -0.2) is 0 Å². The van der Waals surface area contributed by atoms with E-state index in [4.69, 9.17) is 21.3 Å². The topological polar surface area (TPSA) is 69.4 Å². The van der Waals surface area contributed by atoms with E-state index in [0.29, 0.717) is 17.3 Å². The van der Waals surface area contributed by atoms with Crippen molar-refractivity contribution in [3.05, 3.63) is 62.5 Å². The molecular weight excluding hydrogens is 456 g/mol. The molecular formula is C25H29ClN4O2S. The number of aromatic nitrogens is 3. The zero-order valence-electron chi connectivity index (χ0n) is 20.1. The zero-order valence-corrected chi connectivity index (χ0v) is 21.6. The average Bonchev–Trinajstić information content (AvgIpc) is 3.19. The largest absolute Gasteiger partial charge is 0.460 e. The van der Waals surface area contributed by atoms with Crippen LogP contribution in [0.3, 0.4) is 0 Å². The van der Waals surface area contributed by atoms with Gasteiger partial charge in [0.15, 0.2) is 5.82 Å². The summed E-state index contributed by atoms with van der Waals surface area (Å²) < 4.78 is 7.84. The van der Waals surface area contributed by atoms with Crippen LogP contribution in [-0.2, 0) is 9.53 Å². The lowest BCUT2D eigenvalue weighted by Gasteiger charge is -2.26. The molecule has 6 nitrogen and oxygen atoms in total. The molecule has 2 aromatic heterocycles. The number of carbonyl (C=O) groups excluding carboxylic acids is 1. The highest BCUT2D eigenvalue weighted by atomic mass is 35.5. The number of thiophene rings is 1. The minimum atomic E-state index is -0.589. The van der Waals surface area contributed by atoms with E-state index < -0.39 is 17.6 Å². The van der Waals surface area contributed by atoms with E-state index in [1.807, 2.05) is 58.9 Å². The van der Waals surface area contributed by atoms with Crippen LogP contribution in [0.25, 0.3) is 5.00 Å². The van der Waals surface area contributed by atoms with Gasteiger partial charge in [0, 0.05) is 21.0 Å². The number of aryl methyl sites for hydroxylation is 2. The van der Waals surface area contributed by atoms with Crippen LogP contribution >= 0.6 is 22.9 Å². The summed E-state index contributed by atoms with van der Waals surface area (Å²) in [6.07, 6.45) is 0.564. The van der Waals surface area contributed by atoms with Crippen molar-refractivity contribution in [3.63, 3.8) is 0 Å². The second-order valence-electron chi connectivity index (χ2n) is 9.38. The van der Waals surface area contributed by atoms with Gasteiger partial charge < -0.3 is 4.74 Å². The average molecular weight is 485 g/mol. The molecule has 1 aliphatic rings. The molecule has 0 unspecified atom stereocenters. The summed E-state index contributed by atoms with van der Waals surface area (Å²) in [4.78, 5) is 19.7. The maximum Gasteiger partial charge on any atom is 0.312 e. The highest BCUT2D eigenvalue weighted by Gasteiger charge is 2.39. The molecule has 1 aromatic carbocycles. The molecule has 4 rings (SSSR count). The lowest BCUT2D eigenvalue weighted by Crippen LogP contribution is -2.32. The Labute approximate surface area is 203 Å². The van der Waals surface area contributed by atoms with Crippen molar-refractivity contribution in [2.45, 2.75) is 66.5 Å². The van der Waals surface area contributed by atoms with Gasteiger partial charge in [-0.05, 0) is 65.7 Å². The first kappa shape index (κ1) is 23.6. The lowest BCUT2D eigenvalue weighted by atomic mass is 9.95. The van der Waals surface area contributed by atoms with Crippen LogP contribution in [0.1, 0.15) is 73.4 Å². The Hall–Kier alpha value is -2.51. The fraction of sp³-hybridized carbons (Fsp3) is 0.440. The van der Waals surface area contributed by atoms with E-state index in [-0.39, 0.29) is 5.97 Å². The first-order chi connectivity index (χ1) is 15.5. The van der Waals surface area contributed by atoms with Gasteiger partial charge in [0.25, 0.3) is 0 Å². The van der Waals surface area contributed by atoms with Crippen LogP contribution in [0.2, 0.25) is 5.02 Å². The fourth-order valence-electron chi connectivity index (χ4n) is 4.12. The summed E-state index contributed by atoms with van der Waals surface area (Å²) in [5.41, 5.74) is 3.40. The van der Waals surface area contributed by atoms with E-state index in [1.165, 1.54) is 4.88 Å². The number of hydrogen-bond donors (Lipinski definition) is 0. The Balaban J connectivity index is 1.98. The Morgan fingerprint density at radius 1 is 1.18 bits per heavy atom. The molecule has 0 radical (unpaired) electrons. The molecule has 0 saturated heterocycles. The number of hydrogen-bond acceptors (Lipinski definition) is 6. The second kappa shape index (κ2) is 8.69. The van der Waals surface area contributed by atoms with E-state index in [2.05, 4.69) is 28.6 Å². The maximum atomic E-state index is 13.3. The van der Waals surface area contributed by atoms with Crippen molar-refractivity contribution < 1.29 is 9.53 Å². The molecule has 0 saturated carbocycles. The third kappa shape index (κ3) is 4.36. The van der Waals surface area contributed by atoms with Crippen LogP contribution in [0.4, 0.5) is 0 Å². The number of benzene rings is 1. The zero-order chi connectivity index (χ0) is 24.1. The molecule has 0 aliphatic carbocycles. The SMILES string of the molecule is CC[C@@H](C(=O)OC(C)(C)C)[C@@H]1N=C(c2ccc(Cl)cc2)c2c(sc(C)c2C)-n2c(C)nnc21. The number of rotatable bonds is 4. The Morgan fingerprint density at radius 2 is 1.85 bits per heavy atom. The smallest absolute Gasteiger partial charge is 0.312 e. The summed E-state index contributed by atoms with van der Waals surface area (Å²) >= 11 is 7.87. The molecule has 33 heavy (non-hydrogen) atoms. The molecule has 0 fully saturated rings. The molecule has 3 aromatic rings. The molecule has 3 heterocycles. The van der Waals surface area contributed by atoms with Gasteiger partial charge in [0.1, 0.15) is 22.5 Å². The van der Waals surface area contributed by atoms with Gasteiger partial charge in [-0.3, -0.25) is 14.4 Å². The third-order valence-electron chi connectivity index (χ3n) is 5.84. The van der Waals surface area contributed by atoms with E-state index >= 15 is 0 Å². The van der Waals surface area contributed by atoms with Crippen molar-refractivity contribution in [2.75, 3.05) is 0 Å². The summed E-state index contributed by atoms with van der Waals surface area (Å²) in [6.45, 7) is 13.8. The third-order valence-corrected chi connectivity index (χ3v) is 7.28. The minimum absolute atomic E-state index is 0.278. The van der Waals surface area contributed by atoms with Crippen LogP contribution in [-0.4, -0.2) is 32.0 Å². The first-order valence-electron chi connectivity index (χ1n) is 11.1. The van der Waals surface area contributed by atoms with Crippen LogP contribution in [0.5, 0.6) is 0 Å². The number of fused-ring (bicyclic) bond motifs is 3. The molecule has 0 spiro atoms. The van der Waals surface area contributed by atoms with Gasteiger partial charge in [-0.2, -0.15) is 0 Å². The second-order valence-corrected chi connectivity index (χ2v) is 11.0. The summed E-state index contributed by atoms with van der Waals surface area (Å²) in [6, 6.07) is 7.15. The van der Waals surface area contributed by atoms with Crippen molar-refractivity contribution >= 4 is 34.6 Å². The summed E-state index contributed by atoms with van der Waals surface area (Å²) in [5, 5.41) is 10.6. The van der Waals surface area contributed by atoms with Crippen molar-refractivity contribution in [2.24, 2.45) is 10.9 Å². The van der Waals surface area contributed by atoms with Gasteiger partial charge in [0.2, 0.25) is 0 Å². The van der Waals surface area contributed by atoms with Gasteiger partial charge in [-0.15, -0.1) is 21.5 Å². The summed E-state index contributed by atoms with van der Waals surface area (Å²) in [7, 11) is 0. The molecule has 0 N–H and O–H groups in total. The quantitative estimate of drug-likeness (QED) is 0.415. The number of ether oxygens (including phenoxy) is 1. The number of carbonyl (C=O) groups is 1. The Bertz CT molecular complexity index is 1230. The number of esters is 1. The molecule has 2 atom stereocenters. The van der Waals surface area contributed by atoms with Gasteiger partial charge in [-0.1, -0.05) is 30.7 Å². The fourth-order valence-corrected chi connectivity index (χ4v) is 5.46. The lowest BCUT2D eigenvalue weighted by molar-refractivity contribution is -0.161. The normalized spacial score (nSPS) is 16.5. The molecule has 0 amide bonds. The Morgan fingerprint density at radius 3 is 2.45 bits per heavy atom. The van der Waals surface area contributed by atoms with Crippen molar-refractivity contribution in [1.29, 1.82) is 0 Å². The van der Waals surface area contributed by atoms with Crippen LogP contribution in [0, 0.1) is 26.7 Å². The predicted octanol–water partition coefficient (Wildman–Crippen LogP) is 6.17. The van der Waals surface area contributed by atoms with Crippen LogP contribution < -0.4 is 0 Å². The number of nitrogens with zero attached hydrogens (tertiary/aromatic N) is 4. The van der Waals surface area contributed by atoms with Crippen molar-refractivity contribution in [3.8, 4) is 5.00 Å². The highest BCUT2D eigenvalue weighted by molar-refractivity contribution is 7.15. The maximum absolute atomic E-state index is 13.3. The molecule has 0 bridgehead atoms. The van der Waals surface area contributed by atoms with E-state index in [0.717, 1.165) is 33.2 Å². The highest BCUT2D eigenvalue weighted by Crippen LogP contribution is 2.41. The van der Waals surface area contributed by atoms with Gasteiger partial charge in [0.05, 0.1) is 11.6 Å². The standard InChI is InChI=1S/C25H29ClN4O2S/c1-8-18(24(31)32-25(5,6)7)21-22-29-28-15(4)30(22)23-19(13(2)14(3)33-23)20(27-21)16-9-11-17(26)12-10-16/h9-12,18,21H,8H2,1-7H3/t18-,21+/m1/s1. The molecule has 1 aliphatic heterocycles.